The summed E-state index contributed by atoms with van der Waals surface area (Å²) in [5.41, 5.74) is 0.954. The number of anilines is 1. The summed E-state index contributed by atoms with van der Waals surface area (Å²) in [6.45, 7) is 1.59. The van der Waals surface area contributed by atoms with Gasteiger partial charge in [-0.2, -0.15) is 0 Å². The largest absolute Gasteiger partial charge is 0.372 e. The van der Waals surface area contributed by atoms with E-state index in [-0.39, 0.29) is 6.42 Å². The van der Waals surface area contributed by atoms with E-state index in [1.54, 1.807) is 37.3 Å². The van der Waals surface area contributed by atoms with Gasteiger partial charge < -0.3 is 5.11 Å². The zero-order valence-electron chi connectivity index (χ0n) is 8.80. The molecule has 16 heavy (non-hydrogen) atoms. The normalized spacial score (nSPS) is 24.8. The minimum absolute atomic E-state index is 0.0565. The first kappa shape index (κ1) is 10.6. The number of benzene rings is 1. The molecule has 1 aromatic rings. The van der Waals surface area contributed by atoms with Gasteiger partial charge in [0.2, 0.25) is 5.60 Å². The van der Waals surface area contributed by atoms with Crippen molar-refractivity contribution in [3.8, 4) is 0 Å². The molecule has 2 rings (SSSR count). The second kappa shape index (κ2) is 3.61. The van der Waals surface area contributed by atoms with Crippen LogP contribution in [0.15, 0.2) is 30.3 Å². The van der Waals surface area contributed by atoms with Crippen LogP contribution in [0.4, 0.5) is 5.69 Å². The molecule has 0 aliphatic carbocycles. The van der Waals surface area contributed by atoms with Crippen molar-refractivity contribution in [2.75, 3.05) is 5.01 Å². The molecular formula is C11H12N2O3. The molecule has 0 radical (unpaired) electrons. The number of hydrazine groups is 1. The number of rotatable bonds is 2. The summed E-state index contributed by atoms with van der Waals surface area (Å²) in [5, 5.41) is 10.9. The van der Waals surface area contributed by atoms with E-state index in [4.69, 9.17) is 0 Å². The smallest absolute Gasteiger partial charge is 0.287 e. The lowest BCUT2D eigenvalue weighted by Gasteiger charge is -2.17. The number of hydrogen-bond donors (Lipinski definition) is 2. The summed E-state index contributed by atoms with van der Waals surface area (Å²) in [6.07, 6.45) is 0.0565. The molecule has 1 atom stereocenters. The maximum Gasteiger partial charge on any atom is 0.287 e. The van der Waals surface area contributed by atoms with Crippen LogP contribution in [0.3, 0.4) is 0 Å². The Morgan fingerprint density at radius 2 is 1.94 bits per heavy atom. The molecule has 1 aliphatic rings. The number of nitrogens with zero attached hydrogens (tertiary/aromatic N) is 1. The summed E-state index contributed by atoms with van der Waals surface area (Å²) in [7, 11) is 0. The van der Waals surface area contributed by atoms with Gasteiger partial charge >= 0.3 is 0 Å². The van der Waals surface area contributed by atoms with Gasteiger partial charge in [-0.05, 0) is 18.6 Å². The van der Waals surface area contributed by atoms with Crippen LogP contribution >= 0.6 is 0 Å². The maximum atomic E-state index is 11.9. The number of aliphatic hydroxyl groups is 1. The third kappa shape index (κ3) is 1.37. The van der Waals surface area contributed by atoms with Gasteiger partial charge in [0.05, 0.1) is 5.69 Å². The number of para-hydroxylation sites is 1. The SMILES string of the molecule is CCC1(O)C(=O)NN(c2ccccc2)C1=O. The fourth-order valence-corrected chi connectivity index (χ4v) is 1.60. The van der Waals surface area contributed by atoms with E-state index in [1.807, 2.05) is 0 Å². The quantitative estimate of drug-likeness (QED) is 0.700. The molecule has 0 spiro atoms. The highest BCUT2D eigenvalue weighted by molar-refractivity contribution is 6.20. The molecule has 1 fully saturated rings. The zero-order chi connectivity index (χ0) is 11.8. The van der Waals surface area contributed by atoms with E-state index >= 15 is 0 Å². The Kier molecular flexibility index (Phi) is 2.40. The second-order valence-electron chi connectivity index (χ2n) is 3.63. The van der Waals surface area contributed by atoms with E-state index in [0.717, 1.165) is 5.01 Å². The van der Waals surface area contributed by atoms with E-state index in [9.17, 15) is 14.7 Å². The molecule has 1 saturated heterocycles. The number of nitrogens with one attached hydrogen (secondary N) is 1. The van der Waals surface area contributed by atoms with Gasteiger partial charge in [-0.25, -0.2) is 5.01 Å². The number of amides is 2. The zero-order valence-corrected chi connectivity index (χ0v) is 8.80. The molecule has 84 valence electrons. The summed E-state index contributed by atoms with van der Waals surface area (Å²) >= 11 is 0. The lowest BCUT2D eigenvalue weighted by molar-refractivity contribution is -0.145. The summed E-state index contributed by atoms with van der Waals surface area (Å²) in [4.78, 5) is 23.4. The molecule has 1 unspecified atom stereocenters. The van der Waals surface area contributed by atoms with Gasteiger partial charge in [0.15, 0.2) is 0 Å². The highest BCUT2D eigenvalue weighted by Gasteiger charge is 2.52. The van der Waals surface area contributed by atoms with E-state index in [2.05, 4.69) is 5.43 Å². The van der Waals surface area contributed by atoms with Crippen LogP contribution < -0.4 is 10.4 Å². The fourth-order valence-electron chi connectivity index (χ4n) is 1.60. The van der Waals surface area contributed by atoms with E-state index in [0.29, 0.717) is 5.69 Å². The minimum Gasteiger partial charge on any atom is -0.372 e. The number of carbonyl (C=O) groups excluding carboxylic acids is 2. The van der Waals surface area contributed by atoms with Crippen molar-refractivity contribution in [1.82, 2.24) is 5.43 Å². The van der Waals surface area contributed by atoms with Crippen molar-refractivity contribution < 1.29 is 14.7 Å². The molecule has 0 saturated carbocycles. The van der Waals surface area contributed by atoms with Crippen molar-refractivity contribution in [2.45, 2.75) is 18.9 Å². The van der Waals surface area contributed by atoms with Crippen LogP contribution in [0.1, 0.15) is 13.3 Å². The van der Waals surface area contributed by atoms with Crippen LogP contribution in [-0.4, -0.2) is 22.5 Å². The molecule has 5 heteroatoms. The Morgan fingerprint density at radius 3 is 2.44 bits per heavy atom. The Bertz CT molecular complexity index is 432. The van der Waals surface area contributed by atoms with Crippen molar-refractivity contribution in [3.05, 3.63) is 30.3 Å². The van der Waals surface area contributed by atoms with Crippen molar-refractivity contribution in [3.63, 3.8) is 0 Å². The van der Waals surface area contributed by atoms with Gasteiger partial charge in [-0.1, -0.05) is 25.1 Å². The molecular weight excluding hydrogens is 208 g/mol. The fraction of sp³-hybridized carbons (Fsp3) is 0.273. The first-order chi connectivity index (χ1) is 7.59. The lowest BCUT2D eigenvalue weighted by Crippen LogP contribution is -2.43. The standard InChI is InChI=1S/C11H12N2O3/c1-2-11(16)9(14)12-13(10(11)15)8-6-4-3-5-7-8/h3-7,16H,2H2,1H3,(H,12,14). The first-order valence-electron chi connectivity index (χ1n) is 5.02. The molecule has 2 N–H and O–H groups in total. The monoisotopic (exact) mass is 220 g/mol. The Hall–Kier alpha value is -1.88. The predicted octanol–water partition coefficient (Wildman–Crippen LogP) is 0.205. The lowest BCUT2D eigenvalue weighted by atomic mass is 10.0. The van der Waals surface area contributed by atoms with Crippen molar-refractivity contribution >= 4 is 17.5 Å². The van der Waals surface area contributed by atoms with Crippen LogP contribution in [0.25, 0.3) is 0 Å². The molecule has 0 aromatic heterocycles. The van der Waals surface area contributed by atoms with Crippen molar-refractivity contribution in [1.29, 1.82) is 0 Å². The van der Waals surface area contributed by atoms with Gasteiger partial charge in [-0.3, -0.25) is 15.0 Å². The topological polar surface area (TPSA) is 69.6 Å². The molecule has 2 amide bonds. The summed E-state index contributed by atoms with van der Waals surface area (Å²) in [6, 6.07) is 8.66. The van der Waals surface area contributed by atoms with Crippen LogP contribution in [-0.2, 0) is 9.59 Å². The number of hydrogen-bond acceptors (Lipinski definition) is 3. The van der Waals surface area contributed by atoms with Crippen LogP contribution in [0.5, 0.6) is 0 Å². The first-order valence-corrected chi connectivity index (χ1v) is 5.02. The minimum atomic E-state index is -1.93. The Morgan fingerprint density at radius 1 is 1.31 bits per heavy atom. The predicted molar refractivity (Wildman–Crippen MR) is 57.3 cm³/mol. The van der Waals surface area contributed by atoms with E-state index < -0.39 is 17.4 Å². The maximum absolute atomic E-state index is 11.9. The molecule has 1 aliphatic heterocycles. The summed E-state index contributed by atoms with van der Waals surface area (Å²) in [5.74, 6) is -1.31. The van der Waals surface area contributed by atoms with Crippen LogP contribution in [0, 0.1) is 0 Å². The Balaban J connectivity index is 2.35. The molecule has 1 aromatic carbocycles. The van der Waals surface area contributed by atoms with Crippen molar-refractivity contribution in [2.24, 2.45) is 0 Å². The highest BCUT2D eigenvalue weighted by atomic mass is 16.3. The molecule has 0 bridgehead atoms. The third-order valence-corrected chi connectivity index (χ3v) is 2.67. The van der Waals surface area contributed by atoms with Crippen LogP contribution in [0.2, 0.25) is 0 Å². The average Bonchev–Trinajstić information content (AvgIpc) is 2.55. The second-order valence-corrected chi connectivity index (χ2v) is 3.63. The Labute approximate surface area is 92.6 Å². The van der Waals surface area contributed by atoms with Gasteiger partial charge in [0.25, 0.3) is 11.8 Å². The van der Waals surface area contributed by atoms with Gasteiger partial charge in [0, 0.05) is 0 Å². The van der Waals surface area contributed by atoms with Gasteiger partial charge in [0.1, 0.15) is 0 Å². The highest BCUT2D eigenvalue weighted by Crippen LogP contribution is 2.24. The average molecular weight is 220 g/mol. The third-order valence-electron chi connectivity index (χ3n) is 2.67. The molecule has 5 nitrogen and oxygen atoms in total. The number of carbonyl (C=O) groups is 2. The molecule has 1 heterocycles. The summed E-state index contributed by atoms with van der Waals surface area (Å²) < 4.78 is 0. The van der Waals surface area contributed by atoms with Gasteiger partial charge in [-0.15, -0.1) is 0 Å². The van der Waals surface area contributed by atoms with E-state index in [1.165, 1.54) is 0 Å².